The van der Waals surface area contributed by atoms with Crippen LogP contribution in [0.15, 0.2) is 45.6 Å². The van der Waals surface area contributed by atoms with E-state index in [2.05, 4.69) is 73.7 Å². The Morgan fingerprint density at radius 2 is 1.96 bits per heavy atom. The van der Waals surface area contributed by atoms with Crippen LogP contribution in [-0.4, -0.2) is 36.6 Å². The van der Waals surface area contributed by atoms with Crippen LogP contribution in [0.5, 0.6) is 0 Å². The Morgan fingerprint density at radius 3 is 2.56 bits per heavy atom. The largest absolute Gasteiger partial charge is 0.364 e. The van der Waals surface area contributed by atoms with Gasteiger partial charge in [-0.2, -0.15) is 11.3 Å². The molecule has 2 N–H and O–H groups in total. The molecule has 0 unspecified atom stereocenters. The number of hydrogen-bond donors (Lipinski definition) is 1. The van der Waals surface area contributed by atoms with Crippen LogP contribution >= 0.6 is 27.3 Å². The quantitative estimate of drug-likeness (QED) is 0.701. The number of anilines is 1. The standard InChI is InChI=1S/C20H28BrN3S/c1-16(6-10-22)23-11-7-20(8-12-23)24(14-17-9-13-25-15-17)19-4-2-18(21)3-5-19/h2-5,9,13,15-16,20H,6-8,10-12,14,22H2,1H3/t16-/m1/s1. The summed E-state index contributed by atoms with van der Waals surface area (Å²) >= 11 is 5.34. The zero-order chi connectivity index (χ0) is 17.6. The van der Waals surface area contributed by atoms with Gasteiger partial charge in [0.1, 0.15) is 0 Å². The molecule has 0 amide bonds. The minimum atomic E-state index is 0.599. The van der Waals surface area contributed by atoms with Crippen molar-refractivity contribution in [2.75, 3.05) is 24.5 Å². The van der Waals surface area contributed by atoms with Crippen molar-refractivity contribution in [3.8, 4) is 0 Å². The molecule has 0 bridgehead atoms. The summed E-state index contributed by atoms with van der Waals surface area (Å²) in [4.78, 5) is 5.20. The number of thiophene rings is 1. The van der Waals surface area contributed by atoms with Gasteiger partial charge in [-0.15, -0.1) is 0 Å². The van der Waals surface area contributed by atoms with Crippen molar-refractivity contribution in [1.82, 2.24) is 4.90 Å². The molecular formula is C20H28BrN3S. The first-order chi connectivity index (χ1) is 12.2. The topological polar surface area (TPSA) is 32.5 Å². The second-order valence-corrected chi connectivity index (χ2v) is 8.63. The van der Waals surface area contributed by atoms with Crippen molar-refractivity contribution in [2.24, 2.45) is 5.73 Å². The van der Waals surface area contributed by atoms with Crippen molar-refractivity contribution in [3.63, 3.8) is 0 Å². The number of nitrogens with zero attached hydrogens (tertiary/aromatic N) is 2. The summed E-state index contributed by atoms with van der Waals surface area (Å²) in [6.45, 7) is 6.43. The number of piperidine rings is 1. The Balaban J connectivity index is 1.70. The molecule has 0 spiro atoms. The Kier molecular flexibility index (Phi) is 6.93. The fourth-order valence-electron chi connectivity index (χ4n) is 3.71. The molecule has 1 atom stereocenters. The summed E-state index contributed by atoms with van der Waals surface area (Å²) < 4.78 is 1.14. The second-order valence-electron chi connectivity index (χ2n) is 6.93. The molecule has 3 rings (SSSR count). The highest BCUT2D eigenvalue weighted by atomic mass is 79.9. The van der Waals surface area contributed by atoms with Crippen LogP contribution in [0.4, 0.5) is 5.69 Å². The summed E-state index contributed by atoms with van der Waals surface area (Å²) in [5, 5.41) is 4.44. The second kappa shape index (κ2) is 9.17. The predicted molar refractivity (Wildman–Crippen MR) is 112 cm³/mol. The SMILES string of the molecule is C[C@H](CCN)N1CCC(N(Cc2ccsc2)c2ccc(Br)cc2)CC1. The summed E-state index contributed by atoms with van der Waals surface area (Å²) in [7, 11) is 0. The van der Waals surface area contributed by atoms with Crippen LogP contribution in [0.2, 0.25) is 0 Å². The lowest BCUT2D eigenvalue weighted by Gasteiger charge is -2.41. The lowest BCUT2D eigenvalue weighted by molar-refractivity contribution is 0.154. The highest BCUT2D eigenvalue weighted by molar-refractivity contribution is 9.10. The van der Waals surface area contributed by atoms with Gasteiger partial charge < -0.3 is 15.5 Å². The molecule has 1 aliphatic heterocycles. The minimum Gasteiger partial charge on any atom is -0.364 e. The zero-order valence-corrected chi connectivity index (χ0v) is 17.3. The summed E-state index contributed by atoms with van der Waals surface area (Å²) in [5.41, 5.74) is 8.47. The van der Waals surface area contributed by atoms with Crippen LogP contribution in [0.1, 0.15) is 31.7 Å². The maximum atomic E-state index is 5.74. The lowest BCUT2D eigenvalue weighted by atomic mass is 9.99. The number of nitrogens with two attached hydrogens (primary N) is 1. The first-order valence-corrected chi connectivity index (χ1v) is 10.9. The monoisotopic (exact) mass is 421 g/mol. The first-order valence-electron chi connectivity index (χ1n) is 9.15. The Bertz CT molecular complexity index is 621. The molecule has 25 heavy (non-hydrogen) atoms. The molecule has 0 aliphatic carbocycles. The number of halogens is 1. The smallest absolute Gasteiger partial charge is 0.0440 e. The van der Waals surface area contributed by atoms with Gasteiger partial charge in [0.2, 0.25) is 0 Å². The number of benzene rings is 1. The summed E-state index contributed by atoms with van der Waals surface area (Å²) in [5.74, 6) is 0. The molecule has 0 radical (unpaired) electrons. The van der Waals surface area contributed by atoms with Crippen LogP contribution in [0.3, 0.4) is 0 Å². The molecule has 1 aromatic carbocycles. The van der Waals surface area contributed by atoms with E-state index in [1.807, 2.05) is 0 Å². The van der Waals surface area contributed by atoms with E-state index in [1.165, 1.54) is 37.2 Å². The average molecular weight is 422 g/mol. The number of hydrogen-bond acceptors (Lipinski definition) is 4. The van der Waals surface area contributed by atoms with Crippen molar-refractivity contribution in [1.29, 1.82) is 0 Å². The molecule has 1 aromatic heterocycles. The first kappa shape index (κ1) is 18.9. The maximum absolute atomic E-state index is 5.74. The number of likely N-dealkylation sites (tertiary alicyclic amines) is 1. The van der Waals surface area contributed by atoms with E-state index in [0.29, 0.717) is 12.1 Å². The van der Waals surface area contributed by atoms with Crippen molar-refractivity contribution in [2.45, 2.75) is 44.8 Å². The highest BCUT2D eigenvalue weighted by Gasteiger charge is 2.27. The van der Waals surface area contributed by atoms with Gasteiger partial charge in [0.25, 0.3) is 0 Å². The van der Waals surface area contributed by atoms with Crippen molar-refractivity contribution in [3.05, 3.63) is 51.1 Å². The van der Waals surface area contributed by atoms with E-state index < -0.39 is 0 Å². The zero-order valence-electron chi connectivity index (χ0n) is 14.9. The van der Waals surface area contributed by atoms with E-state index in [4.69, 9.17) is 5.73 Å². The molecule has 1 fully saturated rings. The van der Waals surface area contributed by atoms with Gasteiger partial charge >= 0.3 is 0 Å². The normalized spacial score (nSPS) is 17.6. The van der Waals surface area contributed by atoms with E-state index in [-0.39, 0.29) is 0 Å². The maximum Gasteiger partial charge on any atom is 0.0440 e. The van der Waals surface area contributed by atoms with Gasteiger partial charge in [-0.05, 0) is 79.4 Å². The molecule has 0 saturated carbocycles. The fourth-order valence-corrected chi connectivity index (χ4v) is 4.63. The van der Waals surface area contributed by atoms with E-state index >= 15 is 0 Å². The van der Waals surface area contributed by atoms with Gasteiger partial charge in [0.15, 0.2) is 0 Å². The summed E-state index contributed by atoms with van der Waals surface area (Å²) in [6.07, 6.45) is 3.53. The van der Waals surface area contributed by atoms with E-state index in [0.717, 1.165) is 24.0 Å². The molecule has 2 aromatic rings. The minimum absolute atomic E-state index is 0.599. The highest BCUT2D eigenvalue weighted by Crippen LogP contribution is 2.28. The van der Waals surface area contributed by atoms with Crippen molar-refractivity contribution >= 4 is 33.0 Å². The molecular weight excluding hydrogens is 394 g/mol. The third-order valence-electron chi connectivity index (χ3n) is 5.24. The third-order valence-corrected chi connectivity index (χ3v) is 6.50. The average Bonchev–Trinajstić information content (AvgIpc) is 3.14. The third kappa shape index (κ3) is 5.07. The van der Waals surface area contributed by atoms with E-state index in [9.17, 15) is 0 Å². The van der Waals surface area contributed by atoms with Crippen LogP contribution in [-0.2, 0) is 6.54 Å². The van der Waals surface area contributed by atoms with Gasteiger partial charge in [-0.3, -0.25) is 0 Å². The van der Waals surface area contributed by atoms with Gasteiger partial charge in [-0.1, -0.05) is 15.9 Å². The molecule has 2 heterocycles. The number of rotatable bonds is 7. The lowest BCUT2D eigenvalue weighted by Crippen LogP contribution is -2.47. The molecule has 5 heteroatoms. The Hall–Kier alpha value is -0.880. The predicted octanol–water partition coefficient (Wildman–Crippen LogP) is 4.72. The van der Waals surface area contributed by atoms with Gasteiger partial charge in [-0.25, -0.2) is 0 Å². The molecule has 136 valence electrons. The fraction of sp³-hybridized carbons (Fsp3) is 0.500. The molecule has 1 saturated heterocycles. The van der Waals surface area contributed by atoms with Gasteiger partial charge in [0, 0.05) is 41.9 Å². The van der Waals surface area contributed by atoms with Crippen LogP contribution in [0.25, 0.3) is 0 Å². The van der Waals surface area contributed by atoms with Gasteiger partial charge in [0.05, 0.1) is 0 Å². The van der Waals surface area contributed by atoms with Crippen LogP contribution < -0.4 is 10.6 Å². The van der Waals surface area contributed by atoms with Crippen LogP contribution in [0, 0.1) is 0 Å². The Morgan fingerprint density at radius 1 is 1.24 bits per heavy atom. The Labute approximate surface area is 163 Å². The molecule has 3 nitrogen and oxygen atoms in total. The van der Waals surface area contributed by atoms with Crippen molar-refractivity contribution < 1.29 is 0 Å². The summed E-state index contributed by atoms with van der Waals surface area (Å²) in [6, 6.07) is 12.2. The van der Waals surface area contributed by atoms with E-state index in [1.54, 1.807) is 11.3 Å². The molecule has 1 aliphatic rings.